The number of aromatic nitrogens is 1. The van der Waals surface area contributed by atoms with Crippen molar-refractivity contribution in [3.63, 3.8) is 0 Å². The van der Waals surface area contributed by atoms with Crippen molar-refractivity contribution < 1.29 is 22.7 Å². The van der Waals surface area contributed by atoms with Crippen LogP contribution < -0.4 is 5.32 Å². The number of amides is 1. The van der Waals surface area contributed by atoms with Gasteiger partial charge < -0.3 is 10.1 Å². The third-order valence-electron chi connectivity index (χ3n) is 4.53. The monoisotopic (exact) mass is 425 g/mol. The minimum atomic E-state index is -3.30. The highest BCUT2D eigenvalue weighted by Gasteiger charge is 2.27. The first-order valence-corrected chi connectivity index (χ1v) is 11.8. The number of anilines is 1. The van der Waals surface area contributed by atoms with E-state index in [1.807, 2.05) is 4.90 Å². The lowest BCUT2D eigenvalue weighted by Gasteiger charge is -2.30. The average molecular weight is 426 g/mol. The molecule has 1 aliphatic heterocycles. The summed E-state index contributed by atoms with van der Waals surface area (Å²) in [5, 5.41) is 3.19. The van der Waals surface area contributed by atoms with Crippen LogP contribution in [0.3, 0.4) is 0 Å². The van der Waals surface area contributed by atoms with Gasteiger partial charge in [-0.05, 0) is 44.5 Å². The summed E-state index contributed by atoms with van der Waals surface area (Å²) in [6.45, 7) is 3.56. The summed E-state index contributed by atoms with van der Waals surface area (Å²) in [7, 11) is -3.30. The van der Waals surface area contributed by atoms with Crippen molar-refractivity contribution in [3.05, 3.63) is 18.2 Å². The van der Waals surface area contributed by atoms with Crippen LogP contribution in [0.5, 0.6) is 0 Å². The topological polar surface area (TPSA) is 106 Å². The van der Waals surface area contributed by atoms with E-state index in [0.29, 0.717) is 28.5 Å². The number of sulfone groups is 1. The maximum atomic E-state index is 12.4. The Morgan fingerprint density at radius 1 is 1.39 bits per heavy atom. The Bertz CT molecular complexity index is 986. The highest BCUT2D eigenvalue weighted by molar-refractivity contribution is 7.90. The van der Waals surface area contributed by atoms with Gasteiger partial charge in [0.05, 0.1) is 34.2 Å². The largest absolute Gasteiger partial charge is 0.466 e. The molecule has 8 nitrogen and oxygen atoms in total. The predicted molar refractivity (Wildman–Crippen MR) is 107 cm³/mol. The van der Waals surface area contributed by atoms with Gasteiger partial charge in [-0.15, -0.1) is 0 Å². The van der Waals surface area contributed by atoms with E-state index >= 15 is 0 Å². The third-order valence-corrected chi connectivity index (χ3v) is 6.57. The van der Waals surface area contributed by atoms with Gasteiger partial charge in [-0.2, -0.15) is 0 Å². The number of carbonyl (C=O) groups excluding carboxylic acids is 2. The summed E-state index contributed by atoms with van der Waals surface area (Å²) in [6.07, 6.45) is 2.77. The second kappa shape index (κ2) is 8.54. The minimum Gasteiger partial charge on any atom is -0.466 e. The second-order valence-corrected chi connectivity index (χ2v) is 9.84. The Morgan fingerprint density at radius 3 is 2.89 bits per heavy atom. The van der Waals surface area contributed by atoms with Crippen molar-refractivity contribution in [3.8, 4) is 0 Å². The molecule has 0 radical (unpaired) electrons. The van der Waals surface area contributed by atoms with Gasteiger partial charge >= 0.3 is 5.97 Å². The van der Waals surface area contributed by atoms with Crippen LogP contribution in [0.4, 0.5) is 5.13 Å². The van der Waals surface area contributed by atoms with E-state index in [2.05, 4.69) is 10.3 Å². The summed E-state index contributed by atoms with van der Waals surface area (Å²) >= 11 is 1.23. The normalized spacial score (nSPS) is 18.1. The molecule has 1 N–H and O–H groups in total. The van der Waals surface area contributed by atoms with Crippen LogP contribution in [0.25, 0.3) is 10.2 Å². The van der Waals surface area contributed by atoms with E-state index in [1.54, 1.807) is 19.1 Å². The van der Waals surface area contributed by atoms with Crippen molar-refractivity contribution in [2.75, 3.05) is 37.8 Å². The molecule has 1 aromatic heterocycles. The number of benzene rings is 1. The zero-order chi connectivity index (χ0) is 20.3. The third kappa shape index (κ3) is 5.06. The molecule has 1 fully saturated rings. The number of thiazole rings is 1. The first-order valence-electron chi connectivity index (χ1n) is 9.05. The van der Waals surface area contributed by atoms with E-state index in [1.165, 1.54) is 17.4 Å². The lowest BCUT2D eigenvalue weighted by molar-refractivity contribution is -0.150. The summed E-state index contributed by atoms with van der Waals surface area (Å²) in [5.74, 6) is -0.620. The summed E-state index contributed by atoms with van der Waals surface area (Å²) < 4.78 is 29.1. The van der Waals surface area contributed by atoms with Crippen LogP contribution in [-0.4, -0.2) is 62.7 Å². The highest BCUT2D eigenvalue weighted by atomic mass is 32.2. The summed E-state index contributed by atoms with van der Waals surface area (Å²) in [6, 6.07) is 4.70. The first-order chi connectivity index (χ1) is 13.3. The molecule has 1 amide bonds. The molecule has 0 bridgehead atoms. The summed E-state index contributed by atoms with van der Waals surface area (Å²) in [4.78, 5) is 30.8. The zero-order valence-corrected chi connectivity index (χ0v) is 17.4. The molecule has 1 aliphatic rings. The fourth-order valence-corrected chi connectivity index (χ4v) is 4.85. The standard InChI is InChI=1S/C18H23N3O5S2/c1-3-26-17(23)12-5-4-8-21(10-12)11-16(22)20-18-19-14-7-6-13(28(2,24)25)9-15(14)27-18/h6-7,9,12H,3-5,8,10-11H2,1-2H3,(H,19,20,22)/t12-/m1/s1. The molecule has 0 aliphatic carbocycles. The molecule has 1 saturated heterocycles. The molecule has 3 rings (SSSR count). The van der Waals surface area contributed by atoms with Gasteiger partial charge in [0.25, 0.3) is 0 Å². The SMILES string of the molecule is CCOC(=O)[C@@H]1CCCN(CC(=O)Nc2nc3ccc(S(C)(=O)=O)cc3s2)C1. The molecule has 2 heterocycles. The van der Waals surface area contributed by atoms with E-state index in [4.69, 9.17) is 4.74 Å². The number of carbonyl (C=O) groups is 2. The smallest absolute Gasteiger partial charge is 0.310 e. The molecule has 2 aromatic rings. The minimum absolute atomic E-state index is 0.167. The van der Waals surface area contributed by atoms with E-state index in [0.717, 1.165) is 25.6 Å². The number of nitrogens with zero attached hydrogens (tertiary/aromatic N) is 2. The van der Waals surface area contributed by atoms with E-state index in [9.17, 15) is 18.0 Å². The molecule has 10 heteroatoms. The van der Waals surface area contributed by atoms with Crippen molar-refractivity contribution >= 4 is 48.4 Å². The molecule has 1 aromatic carbocycles. The van der Waals surface area contributed by atoms with Gasteiger partial charge in [-0.1, -0.05) is 11.3 Å². The van der Waals surface area contributed by atoms with E-state index < -0.39 is 9.84 Å². The van der Waals surface area contributed by atoms with Crippen molar-refractivity contribution in [2.24, 2.45) is 5.92 Å². The van der Waals surface area contributed by atoms with Crippen molar-refractivity contribution in [2.45, 2.75) is 24.7 Å². The van der Waals surface area contributed by atoms with Crippen LogP contribution in [0.2, 0.25) is 0 Å². The van der Waals surface area contributed by atoms with Crippen LogP contribution in [0.1, 0.15) is 19.8 Å². The second-order valence-electron chi connectivity index (χ2n) is 6.80. The lowest BCUT2D eigenvalue weighted by atomic mass is 9.98. The van der Waals surface area contributed by atoms with Crippen molar-refractivity contribution in [1.82, 2.24) is 9.88 Å². The maximum Gasteiger partial charge on any atom is 0.310 e. The number of hydrogen-bond acceptors (Lipinski definition) is 8. The Balaban J connectivity index is 1.62. The molecule has 28 heavy (non-hydrogen) atoms. The van der Waals surface area contributed by atoms with Crippen molar-refractivity contribution in [1.29, 1.82) is 0 Å². The summed E-state index contributed by atoms with van der Waals surface area (Å²) in [5.41, 5.74) is 0.632. The fraction of sp³-hybridized carbons (Fsp3) is 0.500. The predicted octanol–water partition coefficient (Wildman–Crippen LogP) is 1.91. The Labute approximate surface area is 167 Å². The van der Waals surface area contributed by atoms with Gasteiger partial charge in [0, 0.05) is 12.8 Å². The van der Waals surface area contributed by atoms with Gasteiger partial charge in [0.2, 0.25) is 5.91 Å². The van der Waals surface area contributed by atoms with Crippen LogP contribution in [0, 0.1) is 5.92 Å². The fourth-order valence-electron chi connectivity index (χ4n) is 3.20. The van der Waals surface area contributed by atoms with Gasteiger partial charge in [-0.3, -0.25) is 14.5 Å². The van der Waals surface area contributed by atoms with E-state index in [-0.39, 0.29) is 29.2 Å². The molecule has 0 spiro atoms. The molecular weight excluding hydrogens is 402 g/mol. The molecule has 0 unspecified atom stereocenters. The number of rotatable bonds is 6. The number of esters is 1. The van der Waals surface area contributed by atoms with Crippen LogP contribution in [0.15, 0.2) is 23.1 Å². The van der Waals surface area contributed by atoms with Gasteiger partial charge in [0.15, 0.2) is 15.0 Å². The van der Waals surface area contributed by atoms with Crippen LogP contribution >= 0.6 is 11.3 Å². The van der Waals surface area contributed by atoms with Gasteiger partial charge in [-0.25, -0.2) is 13.4 Å². The quantitative estimate of drug-likeness (QED) is 0.705. The molecule has 1 atom stereocenters. The van der Waals surface area contributed by atoms with Gasteiger partial charge in [0.1, 0.15) is 0 Å². The number of likely N-dealkylation sites (tertiary alicyclic amines) is 1. The number of ether oxygens (including phenoxy) is 1. The average Bonchev–Trinajstić information content (AvgIpc) is 3.02. The van der Waals surface area contributed by atoms with Crippen LogP contribution in [-0.2, 0) is 24.2 Å². The first kappa shape index (κ1) is 20.7. The maximum absolute atomic E-state index is 12.4. The number of fused-ring (bicyclic) bond motifs is 1. The number of piperidine rings is 1. The molecule has 152 valence electrons. The Hall–Kier alpha value is -2.04. The zero-order valence-electron chi connectivity index (χ0n) is 15.8. The Kier molecular flexibility index (Phi) is 6.31. The molecular formula is C18H23N3O5S2. The number of hydrogen-bond donors (Lipinski definition) is 1. The highest BCUT2D eigenvalue weighted by Crippen LogP contribution is 2.28. The Morgan fingerprint density at radius 2 is 2.18 bits per heavy atom. The lowest BCUT2D eigenvalue weighted by Crippen LogP contribution is -2.43. The number of nitrogens with one attached hydrogen (secondary N) is 1. The molecule has 0 saturated carbocycles.